The summed E-state index contributed by atoms with van der Waals surface area (Å²) in [5, 5.41) is 0.873. The van der Waals surface area contributed by atoms with Crippen LogP contribution in [0.1, 0.15) is 63.2 Å². The smallest absolute Gasteiger partial charge is 0.183 e. The van der Waals surface area contributed by atoms with Gasteiger partial charge in [-0.25, -0.2) is 0 Å². The third-order valence-electron chi connectivity index (χ3n) is 4.73. The molecule has 0 bridgehead atoms. The van der Waals surface area contributed by atoms with E-state index in [0.29, 0.717) is 39.3 Å². The number of terminal acetylenes is 2. The van der Waals surface area contributed by atoms with Crippen molar-refractivity contribution in [3.05, 3.63) is 29.8 Å². The molecule has 6 heteroatoms. The Balaban J connectivity index is 2.11. The summed E-state index contributed by atoms with van der Waals surface area (Å²) in [6, 6.07) is 7.81. The number of ether oxygens (including phenoxy) is 5. The van der Waals surface area contributed by atoms with Gasteiger partial charge in [0.05, 0.1) is 39.6 Å². The van der Waals surface area contributed by atoms with Gasteiger partial charge in [0.15, 0.2) is 6.29 Å². The number of hydrogen-bond acceptors (Lipinski definition) is 5. The molecule has 1 aromatic carbocycles. The molecule has 0 unspecified atom stereocenters. The van der Waals surface area contributed by atoms with Crippen molar-refractivity contribution in [2.75, 3.05) is 51.6 Å². The summed E-state index contributed by atoms with van der Waals surface area (Å²) in [5.41, 5.74) is 0.923. The van der Waals surface area contributed by atoms with Crippen LogP contribution >= 0.6 is 15.9 Å². The van der Waals surface area contributed by atoms with Gasteiger partial charge in [-0.1, -0.05) is 53.7 Å². The van der Waals surface area contributed by atoms with E-state index in [1.807, 2.05) is 24.3 Å². The lowest BCUT2D eigenvalue weighted by Gasteiger charge is -2.18. The Morgan fingerprint density at radius 1 is 0.667 bits per heavy atom. The molecule has 0 saturated heterocycles. The Labute approximate surface area is 209 Å². The van der Waals surface area contributed by atoms with Gasteiger partial charge in [0.25, 0.3) is 0 Å². The molecule has 0 atom stereocenters. The maximum Gasteiger partial charge on any atom is 0.183 e. The lowest BCUT2D eigenvalue weighted by Crippen LogP contribution is -2.10. The quantitative estimate of drug-likeness (QED) is 0.0818. The van der Waals surface area contributed by atoms with Gasteiger partial charge in [-0.3, -0.25) is 0 Å². The zero-order valence-electron chi connectivity index (χ0n) is 19.8. The summed E-state index contributed by atoms with van der Waals surface area (Å²) >= 11 is 3.33. The molecule has 0 aliphatic heterocycles. The van der Waals surface area contributed by atoms with Crippen LogP contribution < -0.4 is 4.74 Å². The molecule has 0 N–H and O–H groups in total. The highest BCUT2D eigenvalue weighted by atomic mass is 79.9. The Hall–Kier alpha value is -1.54. The summed E-state index contributed by atoms with van der Waals surface area (Å²) in [6.07, 6.45) is 18.2. The molecule has 1 rings (SSSR count). The van der Waals surface area contributed by atoms with E-state index in [1.165, 1.54) is 25.7 Å². The summed E-state index contributed by atoms with van der Waals surface area (Å²) in [6.45, 7) is 4.52. The molecule has 5 nitrogen and oxygen atoms in total. The van der Waals surface area contributed by atoms with E-state index in [0.717, 1.165) is 49.3 Å². The summed E-state index contributed by atoms with van der Waals surface area (Å²) < 4.78 is 28.3. The van der Waals surface area contributed by atoms with E-state index in [2.05, 4.69) is 27.8 Å². The molecular weight excluding hydrogens is 484 g/mol. The van der Waals surface area contributed by atoms with E-state index in [-0.39, 0.29) is 0 Å². The summed E-state index contributed by atoms with van der Waals surface area (Å²) in [7, 11) is 0. The number of unbranched alkanes of at least 4 members (excludes halogenated alkanes) is 5. The number of halogens is 1. The third kappa shape index (κ3) is 16.7. The van der Waals surface area contributed by atoms with Gasteiger partial charge >= 0.3 is 0 Å². The molecule has 33 heavy (non-hydrogen) atoms. The van der Waals surface area contributed by atoms with Crippen molar-refractivity contribution in [1.29, 1.82) is 0 Å². The van der Waals surface area contributed by atoms with Crippen LogP contribution in [0.15, 0.2) is 24.3 Å². The first-order valence-electron chi connectivity index (χ1n) is 11.9. The molecule has 0 amide bonds. The van der Waals surface area contributed by atoms with Crippen LogP contribution in [0.25, 0.3) is 0 Å². The van der Waals surface area contributed by atoms with Gasteiger partial charge in [-0.05, 0) is 25.0 Å². The molecule has 0 aliphatic carbocycles. The molecule has 0 saturated carbocycles. The highest BCUT2D eigenvalue weighted by Gasteiger charge is 2.12. The molecule has 1 aromatic rings. The van der Waals surface area contributed by atoms with Crippen molar-refractivity contribution >= 4 is 15.9 Å². The standard InChI is InChI=1S/C27H39BrO5/c1-3-5-19-32-27(33-20-6-4-2)25-13-15-26(16-14-25)31-21-12-10-8-7-9-11-18-29-23-24-30-22-17-28/h1-2,13-16,27H,5-12,17-24H2. The van der Waals surface area contributed by atoms with E-state index in [4.69, 9.17) is 36.5 Å². The minimum atomic E-state index is -0.473. The van der Waals surface area contributed by atoms with Crippen molar-refractivity contribution in [1.82, 2.24) is 0 Å². The Morgan fingerprint density at radius 3 is 1.79 bits per heavy atom. The molecule has 184 valence electrons. The number of alkyl halides is 1. The van der Waals surface area contributed by atoms with Crippen molar-refractivity contribution in [3.63, 3.8) is 0 Å². The third-order valence-corrected chi connectivity index (χ3v) is 5.05. The highest BCUT2D eigenvalue weighted by molar-refractivity contribution is 9.09. The summed E-state index contributed by atoms with van der Waals surface area (Å²) in [5.74, 6) is 5.98. The van der Waals surface area contributed by atoms with Gasteiger partial charge in [0.2, 0.25) is 0 Å². The van der Waals surface area contributed by atoms with E-state index in [9.17, 15) is 0 Å². The molecule has 0 aliphatic rings. The van der Waals surface area contributed by atoms with E-state index >= 15 is 0 Å². The van der Waals surface area contributed by atoms with Crippen LogP contribution in [0, 0.1) is 24.7 Å². The summed E-state index contributed by atoms with van der Waals surface area (Å²) in [4.78, 5) is 0. The Kier molecular flexibility index (Phi) is 19.9. The first-order valence-corrected chi connectivity index (χ1v) is 13.0. The predicted octanol–water partition coefficient (Wildman–Crippen LogP) is 5.91. The molecule has 0 fully saturated rings. The first-order chi connectivity index (χ1) is 16.3. The predicted molar refractivity (Wildman–Crippen MR) is 137 cm³/mol. The number of rotatable bonds is 22. The highest BCUT2D eigenvalue weighted by Crippen LogP contribution is 2.23. The fourth-order valence-corrected chi connectivity index (χ4v) is 3.22. The SMILES string of the molecule is C#CCCOC(OCCC#C)c1ccc(OCCCCCCCCOCCOCCBr)cc1. The van der Waals surface area contributed by atoms with Crippen LogP contribution in [-0.4, -0.2) is 51.6 Å². The number of benzene rings is 1. The van der Waals surface area contributed by atoms with Crippen LogP contribution in [0.4, 0.5) is 0 Å². The topological polar surface area (TPSA) is 46.2 Å². The zero-order valence-corrected chi connectivity index (χ0v) is 21.4. The normalized spacial score (nSPS) is 10.8. The Bertz CT molecular complexity index is 630. The minimum absolute atomic E-state index is 0.440. The molecule has 0 aromatic heterocycles. The zero-order chi connectivity index (χ0) is 23.8. The minimum Gasteiger partial charge on any atom is -0.494 e. The van der Waals surface area contributed by atoms with Crippen LogP contribution in [0.5, 0.6) is 5.75 Å². The number of hydrogen-bond donors (Lipinski definition) is 0. The second kappa shape index (κ2) is 22.3. The van der Waals surface area contributed by atoms with Gasteiger partial charge in [0.1, 0.15) is 5.75 Å². The first kappa shape index (κ1) is 29.5. The van der Waals surface area contributed by atoms with Gasteiger partial charge < -0.3 is 23.7 Å². The Morgan fingerprint density at radius 2 is 1.21 bits per heavy atom. The second-order valence-electron chi connectivity index (χ2n) is 7.43. The van der Waals surface area contributed by atoms with Crippen LogP contribution in [0.3, 0.4) is 0 Å². The fraction of sp³-hybridized carbons (Fsp3) is 0.630. The average Bonchev–Trinajstić information content (AvgIpc) is 2.84. The largest absolute Gasteiger partial charge is 0.494 e. The van der Waals surface area contributed by atoms with Gasteiger partial charge in [-0.2, -0.15) is 0 Å². The molecule has 0 heterocycles. The molecule has 0 radical (unpaired) electrons. The van der Waals surface area contributed by atoms with E-state index < -0.39 is 6.29 Å². The van der Waals surface area contributed by atoms with Gasteiger partial charge in [0, 0.05) is 30.3 Å². The molecule has 0 spiro atoms. The lowest BCUT2D eigenvalue weighted by atomic mass is 10.1. The van der Waals surface area contributed by atoms with Crippen molar-refractivity contribution in [2.45, 2.75) is 57.7 Å². The van der Waals surface area contributed by atoms with Crippen LogP contribution in [0.2, 0.25) is 0 Å². The second-order valence-corrected chi connectivity index (χ2v) is 8.23. The maximum atomic E-state index is 5.87. The van der Waals surface area contributed by atoms with Gasteiger partial charge in [-0.15, -0.1) is 24.7 Å². The molecular formula is C27H39BrO5. The van der Waals surface area contributed by atoms with E-state index in [1.54, 1.807) is 0 Å². The van der Waals surface area contributed by atoms with Crippen molar-refractivity contribution in [2.24, 2.45) is 0 Å². The van der Waals surface area contributed by atoms with Crippen molar-refractivity contribution < 1.29 is 23.7 Å². The average molecular weight is 524 g/mol. The monoisotopic (exact) mass is 522 g/mol. The lowest BCUT2D eigenvalue weighted by molar-refractivity contribution is -0.144. The fourth-order valence-electron chi connectivity index (χ4n) is 2.99. The maximum absolute atomic E-state index is 5.87. The van der Waals surface area contributed by atoms with Crippen molar-refractivity contribution in [3.8, 4) is 30.4 Å². The van der Waals surface area contributed by atoms with Crippen LogP contribution in [-0.2, 0) is 18.9 Å².